The third kappa shape index (κ3) is 1.41. The molecule has 1 amide bonds. The van der Waals surface area contributed by atoms with Crippen molar-refractivity contribution in [3.63, 3.8) is 0 Å². The van der Waals surface area contributed by atoms with Crippen molar-refractivity contribution in [3.05, 3.63) is 11.9 Å². The van der Waals surface area contributed by atoms with E-state index in [0.717, 1.165) is 5.69 Å². The second kappa shape index (κ2) is 2.83. The summed E-state index contributed by atoms with van der Waals surface area (Å²) >= 11 is 0. The van der Waals surface area contributed by atoms with Gasteiger partial charge in [0.2, 0.25) is 5.91 Å². The van der Waals surface area contributed by atoms with E-state index in [1.165, 1.54) is 0 Å². The van der Waals surface area contributed by atoms with Gasteiger partial charge in [-0.2, -0.15) is 0 Å². The molecule has 1 aliphatic heterocycles. The number of rotatable bonds is 2. The van der Waals surface area contributed by atoms with E-state index in [4.69, 9.17) is 0 Å². The van der Waals surface area contributed by atoms with Gasteiger partial charge in [0.25, 0.3) is 0 Å². The van der Waals surface area contributed by atoms with Crippen LogP contribution in [-0.2, 0) is 4.79 Å². The summed E-state index contributed by atoms with van der Waals surface area (Å²) in [7, 11) is 0. The molecule has 1 aliphatic rings. The van der Waals surface area contributed by atoms with Gasteiger partial charge in [0.1, 0.15) is 5.69 Å². The molecule has 5 nitrogen and oxygen atoms in total. The number of β-lactam (4-membered cyclic amide) rings is 1. The SMILES string of the molecule is CC(C)n1cc(C2CC(=O)N2)nn1. The monoisotopic (exact) mass is 180 g/mol. The molecule has 2 heterocycles. The molecule has 0 saturated carbocycles. The number of nitrogens with zero attached hydrogens (tertiary/aromatic N) is 3. The molecule has 1 atom stereocenters. The number of carbonyl (C=O) groups excluding carboxylic acids is 1. The standard InChI is InChI=1S/C8H12N4O/c1-5(2)12-4-7(10-11-12)6-3-8(13)9-6/h4-6H,3H2,1-2H3,(H,9,13). The molecular formula is C8H12N4O. The van der Waals surface area contributed by atoms with Gasteiger partial charge >= 0.3 is 0 Å². The summed E-state index contributed by atoms with van der Waals surface area (Å²) in [5.41, 5.74) is 0.855. The van der Waals surface area contributed by atoms with Gasteiger partial charge in [-0.05, 0) is 13.8 Å². The summed E-state index contributed by atoms with van der Waals surface area (Å²) in [6.45, 7) is 4.08. The Balaban J connectivity index is 2.10. The minimum Gasteiger partial charge on any atom is -0.347 e. The summed E-state index contributed by atoms with van der Waals surface area (Å²) in [6.07, 6.45) is 2.42. The highest BCUT2D eigenvalue weighted by Crippen LogP contribution is 2.21. The number of aromatic nitrogens is 3. The Kier molecular flexibility index (Phi) is 1.79. The summed E-state index contributed by atoms with van der Waals surface area (Å²) in [5, 5.41) is 10.7. The topological polar surface area (TPSA) is 59.8 Å². The smallest absolute Gasteiger partial charge is 0.223 e. The van der Waals surface area contributed by atoms with E-state index < -0.39 is 0 Å². The van der Waals surface area contributed by atoms with Gasteiger partial charge in [-0.1, -0.05) is 5.21 Å². The molecule has 1 unspecified atom stereocenters. The average molecular weight is 180 g/mol. The van der Waals surface area contributed by atoms with Gasteiger partial charge in [0.05, 0.1) is 18.7 Å². The van der Waals surface area contributed by atoms with Crippen molar-refractivity contribution in [2.75, 3.05) is 0 Å². The van der Waals surface area contributed by atoms with Gasteiger partial charge < -0.3 is 5.32 Å². The third-order valence-electron chi connectivity index (χ3n) is 2.14. The molecule has 1 aromatic rings. The molecule has 1 N–H and O–H groups in total. The Morgan fingerprint density at radius 1 is 1.69 bits per heavy atom. The first-order chi connectivity index (χ1) is 6.16. The number of carbonyl (C=O) groups is 1. The molecule has 0 aromatic carbocycles. The van der Waals surface area contributed by atoms with E-state index in [0.29, 0.717) is 12.5 Å². The molecule has 13 heavy (non-hydrogen) atoms. The molecule has 0 radical (unpaired) electrons. The van der Waals surface area contributed by atoms with E-state index in [1.807, 2.05) is 20.0 Å². The Morgan fingerprint density at radius 3 is 2.85 bits per heavy atom. The average Bonchev–Trinajstić information content (AvgIpc) is 2.46. The summed E-state index contributed by atoms with van der Waals surface area (Å²) < 4.78 is 1.79. The van der Waals surface area contributed by atoms with Crippen molar-refractivity contribution in [2.45, 2.75) is 32.4 Å². The molecule has 0 aliphatic carbocycles. The van der Waals surface area contributed by atoms with Crippen molar-refractivity contribution in [1.29, 1.82) is 0 Å². The molecule has 1 saturated heterocycles. The minimum atomic E-state index is 0.0833. The van der Waals surface area contributed by atoms with E-state index in [2.05, 4.69) is 15.6 Å². The van der Waals surface area contributed by atoms with Crippen molar-refractivity contribution in [3.8, 4) is 0 Å². The van der Waals surface area contributed by atoms with Gasteiger partial charge in [-0.3, -0.25) is 4.79 Å². The maximum Gasteiger partial charge on any atom is 0.223 e. The van der Waals surface area contributed by atoms with Crippen LogP contribution in [0.3, 0.4) is 0 Å². The second-order valence-corrected chi connectivity index (χ2v) is 3.54. The first-order valence-corrected chi connectivity index (χ1v) is 4.38. The van der Waals surface area contributed by atoms with Crippen LogP contribution in [0, 0.1) is 0 Å². The zero-order valence-electron chi connectivity index (χ0n) is 7.69. The lowest BCUT2D eigenvalue weighted by Crippen LogP contribution is -2.41. The van der Waals surface area contributed by atoms with Crippen LogP contribution in [0.2, 0.25) is 0 Å². The van der Waals surface area contributed by atoms with Crippen LogP contribution in [0.5, 0.6) is 0 Å². The van der Waals surface area contributed by atoms with E-state index >= 15 is 0 Å². The van der Waals surface area contributed by atoms with Crippen LogP contribution in [0.1, 0.15) is 38.0 Å². The zero-order chi connectivity index (χ0) is 9.42. The van der Waals surface area contributed by atoms with Crippen LogP contribution in [0.4, 0.5) is 0 Å². The fraction of sp³-hybridized carbons (Fsp3) is 0.625. The number of nitrogens with one attached hydrogen (secondary N) is 1. The highest BCUT2D eigenvalue weighted by molar-refractivity contribution is 5.83. The number of hydrogen-bond acceptors (Lipinski definition) is 3. The van der Waals surface area contributed by atoms with E-state index in [9.17, 15) is 4.79 Å². The number of amides is 1. The van der Waals surface area contributed by atoms with Gasteiger partial charge in [0.15, 0.2) is 0 Å². The van der Waals surface area contributed by atoms with Crippen LogP contribution < -0.4 is 5.32 Å². The third-order valence-corrected chi connectivity index (χ3v) is 2.14. The lowest BCUT2D eigenvalue weighted by Gasteiger charge is -2.24. The highest BCUT2D eigenvalue weighted by atomic mass is 16.2. The predicted octanol–water partition coefficient (Wildman–Crippen LogP) is 0.420. The summed E-state index contributed by atoms with van der Waals surface area (Å²) in [6, 6.07) is 0.400. The van der Waals surface area contributed by atoms with Gasteiger partial charge in [-0.25, -0.2) is 4.68 Å². The lowest BCUT2D eigenvalue weighted by molar-refractivity contribution is -0.128. The molecule has 5 heteroatoms. The first kappa shape index (κ1) is 8.22. The molecule has 2 rings (SSSR count). The van der Waals surface area contributed by atoms with Crippen LogP contribution in [-0.4, -0.2) is 20.9 Å². The largest absolute Gasteiger partial charge is 0.347 e. The van der Waals surface area contributed by atoms with Crippen LogP contribution >= 0.6 is 0 Å². The molecule has 70 valence electrons. The fourth-order valence-corrected chi connectivity index (χ4v) is 1.24. The molecule has 0 spiro atoms. The van der Waals surface area contributed by atoms with Gasteiger partial charge in [-0.15, -0.1) is 5.10 Å². The molecular weight excluding hydrogens is 168 g/mol. The summed E-state index contributed by atoms with van der Waals surface area (Å²) in [5.74, 6) is 0.0871. The summed E-state index contributed by atoms with van der Waals surface area (Å²) in [4.78, 5) is 10.7. The first-order valence-electron chi connectivity index (χ1n) is 4.38. The van der Waals surface area contributed by atoms with Crippen molar-refractivity contribution in [1.82, 2.24) is 20.3 Å². The van der Waals surface area contributed by atoms with Crippen molar-refractivity contribution >= 4 is 5.91 Å². The van der Waals surface area contributed by atoms with Crippen molar-refractivity contribution in [2.24, 2.45) is 0 Å². The molecule has 1 aromatic heterocycles. The Labute approximate surface area is 76.1 Å². The van der Waals surface area contributed by atoms with Crippen LogP contribution in [0.25, 0.3) is 0 Å². The Hall–Kier alpha value is -1.39. The highest BCUT2D eigenvalue weighted by Gasteiger charge is 2.29. The van der Waals surface area contributed by atoms with Crippen LogP contribution in [0.15, 0.2) is 6.20 Å². The predicted molar refractivity (Wildman–Crippen MR) is 45.9 cm³/mol. The normalized spacial score (nSPS) is 21.5. The number of hydrogen-bond donors (Lipinski definition) is 1. The fourth-order valence-electron chi connectivity index (χ4n) is 1.24. The Morgan fingerprint density at radius 2 is 2.38 bits per heavy atom. The lowest BCUT2D eigenvalue weighted by atomic mass is 10.0. The molecule has 0 bridgehead atoms. The van der Waals surface area contributed by atoms with E-state index in [-0.39, 0.29) is 11.9 Å². The zero-order valence-corrected chi connectivity index (χ0v) is 7.69. The van der Waals surface area contributed by atoms with Crippen molar-refractivity contribution < 1.29 is 4.79 Å². The minimum absolute atomic E-state index is 0.0833. The van der Waals surface area contributed by atoms with E-state index in [1.54, 1.807) is 4.68 Å². The van der Waals surface area contributed by atoms with Gasteiger partial charge in [0, 0.05) is 6.04 Å². The quantitative estimate of drug-likeness (QED) is 0.671. The maximum absolute atomic E-state index is 10.7. The second-order valence-electron chi connectivity index (χ2n) is 3.54. The molecule has 1 fully saturated rings. The maximum atomic E-state index is 10.7. The Bertz CT molecular complexity index is 323.